The van der Waals surface area contributed by atoms with E-state index in [4.69, 9.17) is 0 Å². The lowest BCUT2D eigenvalue weighted by Crippen LogP contribution is -2.17. The number of carbonyl (C=O) groups is 1. The third kappa shape index (κ3) is 2.19. The molecular formula is C16H21N3O. The molecule has 0 spiro atoms. The Morgan fingerprint density at radius 2 is 2.05 bits per heavy atom. The molecule has 1 heterocycles. The van der Waals surface area contributed by atoms with Crippen LogP contribution in [0.4, 0.5) is 0 Å². The molecule has 0 radical (unpaired) electrons. The van der Waals surface area contributed by atoms with Gasteiger partial charge in [-0.05, 0) is 38.0 Å². The first-order chi connectivity index (χ1) is 9.70. The molecule has 0 bridgehead atoms. The van der Waals surface area contributed by atoms with E-state index in [1.54, 1.807) is 7.05 Å². The Balaban J connectivity index is 2.05. The molecule has 1 aliphatic carbocycles. The van der Waals surface area contributed by atoms with Gasteiger partial charge in [0, 0.05) is 18.7 Å². The number of aromatic nitrogens is 2. The minimum Gasteiger partial charge on any atom is -0.355 e. The number of hydrogen-bond donors (Lipinski definition) is 1. The number of imidazole rings is 1. The minimum absolute atomic E-state index is 0.0585. The van der Waals surface area contributed by atoms with Crippen LogP contribution in [0.3, 0.4) is 0 Å². The third-order valence-corrected chi connectivity index (χ3v) is 4.29. The number of fused-ring (bicyclic) bond motifs is 1. The van der Waals surface area contributed by atoms with Gasteiger partial charge in [0.2, 0.25) is 0 Å². The molecule has 1 N–H and O–H groups in total. The van der Waals surface area contributed by atoms with Crippen LogP contribution in [0.2, 0.25) is 0 Å². The average molecular weight is 271 g/mol. The summed E-state index contributed by atoms with van der Waals surface area (Å²) in [4.78, 5) is 16.4. The number of hydrogen-bond acceptors (Lipinski definition) is 2. The number of aryl methyl sites for hydroxylation is 1. The topological polar surface area (TPSA) is 46.9 Å². The second kappa shape index (κ2) is 5.27. The molecule has 20 heavy (non-hydrogen) atoms. The van der Waals surface area contributed by atoms with Gasteiger partial charge >= 0.3 is 0 Å². The Hall–Kier alpha value is -1.84. The van der Waals surface area contributed by atoms with E-state index >= 15 is 0 Å². The smallest absolute Gasteiger partial charge is 0.251 e. The number of amides is 1. The number of carbonyl (C=O) groups excluding carboxylic acids is 1. The molecule has 0 saturated heterocycles. The average Bonchev–Trinajstić information content (AvgIpc) is 2.82. The summed E-state index contributed by atoms with van der Waals surface area (Å²) < 4.78 is 2.36. The van der Waals surface area contributed by atoms with E-state index in [1.807, 2.05) is 18.2 Å². The van der Waals surface area contributed by atoms with Crippen molar-refractivity contribution in [2.24, 2.45) is 0 Å². The fourth-order valence-electron chi connectivity index (χ4n) is 3.30. The Labute approximate surface area is 119 Å². The van der Waals surface area contributed by atoms with Crippen LogP contribution in [0, 0.1) is 6.92 Å². The molecule has 1 aromatic carbocycles. The van der Waals surface area contributed by atoms with Gasteiger partial charge in [-0.2, -0.15) is 0 Å². The molecule has 4 nitrogen and oxygen atoms in total. The first kappa shape index (κ1) is 13.2. The maximum absolute atomic E-state index is 11.7. The zero-order valence-corrected chi connectivity index (χ0v) is 12.1. The highest BCUT2D eigenvalue weighted by atomic mass is 16.1. The summed E-state index contributed by atoms with van der Waals surface area (Å²) in [6, 6.07) is 6.39. The summed E-state index contributed by atoms with van der Waals surface area (Å²) in [7, 11) is 1.65. The Morgan fingerprint density at radius 1 is 1.30 bits per heavy atom. The third-order valence-electron chi connectivity index (χ3n) is 4.29. The van der Waals surface area contributed by atoms with Crippen molar-refractivity contribution in [3.63, 3.8) is 0 Å². The van der Waals surface area contributed by atoms with Crippen molar-refractivity contribution in [1.82, 2.24) is 14.9 Å². The van der Waals surface area contributed by atoms with Gasteiger partial charge in [0.05, 0.1) is 11.0 Å². The predicted molar refractivity (Wildman–Crippen MR) is 80.0 cm³/mol. The first-order valence-electron chi connectivity index (χ1n) is 7.41. The zero-order chi connectivity index (χ0) is 14.1. The first-order valence-corrected chi connectivity index (χ1v) is 7.41. The van der Waals surface area contributed by atoms with Crippen LogP contribution < -0.4 is 5.32 Å². The van der Waals surface area contributed by atoms with E-state index in [1.165, 1.54) is 32.1 Å². The SMILES string of the molecule is CNC(=O)c1ccc2c(c1)nc(C)n2C1CCCCC1. The summed E-state index contributed by atoms with van der Waals surface area (Å²) in [5.41, 5.74) is 2.75. The molecule has 1 aromatic heterocycles. The van der Waals surface area contributed by atoms with Crippen LogP contribution in [0.5, 0.6) is 0 Å². The second-order valence-electron chi connectivity index (χ2n) is 5.60. The predicted octanol–water partition coefficient (Wildman–Crippen LogP) is 3.21. The maximum Gasteiger partial charge on any atom is 0.251 e. The van der Waals surface area contributed by atoms with Gasteiger partial charge in [0.1, 0.15) is 5.82 Å². The molecule has 0 unspecified atom stereocenters. The van der Waals surface area contributed by atoms with E-state index in [0.717, 1.165) is 16.9 Å². The van der Waals surface area contributed by atoms with Crippen molar-refractivity contribution < 1.29 is 4.79 Å². The van der Waals surface area contributed by atoms with Crippen LogP contribution in [-0.4, -0.2) is 22.5 Å². The Morgan fingerprint density at radius 3 is 2.75 bits per heavy atom. The van der Waals surface area contributed by atoms with Gasteiger partial charge < -0.3 is 9.88 Å². The maximum atomic E-state index is 11.7. The van der Waals surface area contributed by atoms with Crippen LogP contribution in [0.25, 0.3) is 11.0 Å². The lowest BCUT2D eigenvalue weighted by molar-refractivity contribution is 0.0963. The molecule has 3 rings (SSSR count). The molecule has 106 valence electrons. The van der Waals surface area contributed by atoms with Crippen molar-refractivity contribution in [3.05, 3.63) is 29.6 Å². The number of benzene rings is 1. The van der Waals surface area contributed by atoms with Crippen molar-refractivity contribution in [1.29, 1.82) is 0 Å². The lowest BCUT2D eigenvalue weighted by Gasteiger charge is -2.25. The quantitative estimate of drug-likeness (QED) is 0.911. The van der Waals surface area contributed by atoms with Crippen LogP contribution >= 0.6 is 0 Å². The Kier molecular flexibility index (Phi) is 3.47. The molecule has 0 aliphatic heterocycles. The highest BCUT2D eigenvalue weighted by Crippen LogP contribution is 2.32. The largest absolute Gasteiger partial charge is 0.355 e. The molecule has 1 saturated carbocycles. The normalized spacial score (nSPS) is 16.5. The van der Waals surface area contributed by atoms with Gasteiger partial charge in [-0.25, -0.2) is 4.98 Å². The van der Waals surface area contributed by atoms with Gasteiger partial charge in [0.15, 0.2) is 0 Å². The van der Waals surface area contributed by atoms with Gasteiger partial charge in [-0.3, -0.25) is 4.79 Å². The van der Waals surface area contributed by atoms with Crippen LogP contribution in [0.1, 0.15) is 54.3 Å². The lowest BCUT2D eigenvalue weighted by atomic mass is 9.95. The highest BCUT2D eigenvalue weighted by Gasteiger charge is 2.20. The van der Waals surface area contributed by atoms with Gasteiger partial charge in [-0.1, -0.05) is 19.3 Å². The number of rotatable bonds is 2. The minimum atomic E-state index is -0.0585. The molecule has 2 aromatic rings. The fraction of sp³-hybridized carbons (Fsp3) is 0.500. The van der Waals surface area contributed by atoms with E-state index in [-0.39, 0.29) is 5.91 Å². The van der Waals surface area contributed by atoms with E-state index in [0.29, 0.717) is 11.6 Å². The van der Waals surface area contributed by atoms with Gasteiger partial charge in [-0.15, -0.1) is 0 Å². The van der Waals surface area contributed by atoms with Crippen molar-refractivity contribution in [2.75, 3.05) is 7.05 Å². The summed E-state index contributed by atoms with van der Waals surface area (Å²) in [5, 5.41) is 2.66. The standard InChI is InChI=1S/C16H21N3O/c1-11-18-14-10-12(16(20)17-2)8-9-15(14)19(11)13-6-4-3-5-7-13/h8-10,13H,3-7H2,1-2H3,(H,17,20). The summed E-state index contributed by atoms with van der Waals surface area (Å²) in [5.74, 6) is 0.998. The van der Waals surface area contributed by atoms with E-state index in [9.17, 15) is 4.79 Å². The summed E-state index contributed by atoms with van der Waals surface area (Å²) >= 11 is 0. The zero-order valence-electron chi connectivity index (χ0n) is 12.1. The van der Waals surface area contributed by atoms with Crippen molar-refractivity contribution in [2.45, 2.75) is 45.1 Å². The molecule has 4 heteroatoms. The molecular weight excluding hydrogens is 250 g/mol. The molecule has 1 fully saturated rings. The molecule has 1 aliphatic rings. The second-order valence-corrected chi connectivity index (χ2v) is 5.60. The Bertz CT molecular complexity index is 638. The molecule has 0 atom stereocenters. The van der Waals surface area contributed by atoms with Gasteiger partial charge in [0.25, 0.3) is 5.91 Å². The fourth-order valence-corrected chi connectivity index (χ4v) is 3.30. The number of nitrogens with one attached hydrogen (secondary N) is 1. The van der Waals surface area contributed by atoms with Crippen molar-refractivity contribution >= 4 is 16.9 Å². The summed E-state index contributed by atoms with van der Waals surface area (Å²) in [6.45, 7) is 2.06. The van der Waals surface area contributed by atoms with E-state index in [2.05, 4.69) is 21.8 Å². The summed E-state index contributed by atoms with van der Waals surface area (Å²) in [6.07, 6.45) is 6.44. The van der Waals surface area contributed by atoms with E-state index < -0.39 is 0 Å². The highest BCUT2D eigenvalue weighted by molar-refractivity contribution is 5.97. The van der Waals surface area contributed by atoms with Crippen LogP contribution in [-0.2, 0) is 0 Å². The monoisotopic (exact) mass is 271 g/mol. The molecule has 1 amide bonds. The van der Waals surface area contributed by atoms with Crippen molar-refractivity contribution in [3.8, 4) is 0 Å². The number of nitrogens with zero attached hydrogens (tertiary/aromatic N) is 2. The van der Waals surface area contributed by atoms with Crippen LogP contribution in [0.15, 0.2) is 18.2 Å².